The first-order valence-electron chi connectivity index (χ1n) is 6.28. The molecule has 4 nitrogen and oxygen atoms in total. The quantitative estimate of drug-likeness (QED) is 0.719. The molecule has 0 aliphatic carbocycles. The minimum absolute atomic E-state index is 0.246. The van der Waals surface area contributed by atoms with Gasteiger partial charge in [0.2, 0.25) is 0 Å². The van der Waals surface area contributed by atoms with Crippen LogP contribution in [0.4, 0.5) is 5.69 Å². The molecule has 0 bridgehead atoms. The Hall–Kier alpha value is -1.82. The minimum atomic E-state index is -0.952. The van der Waals surface area contributed by atoms with Gasteiger partial charge in [-0.25, -0.2) is 4.79 Å². The molecule has 114 valence electrons. The molecule has 0 unspecified atom stereocenters. The maximum absolute atomic E-state index is 10.8. The van der Waals surface area contributed by atoms with Crippen molar-refractivity contribution in [2.75, 3.05) is 5.32 Å². The molecule has 0 atom stereocenters. The van der Waals surface area contributed by atoms with E-state index in [9.17, 15) is 4.79 Å². The summed E-state index contributed by atoms with van der Waals surface area (Å²) in [6.45, 7) is 0.462. The summed E-state index contributed by atoms with van der Waals surface area (Å²) in [6, 6.07) is 11.6. The van der Waals surface area contributed by atoms with Crippen LogP contribution in [-0.2, 0) is 6.54 Å². The van der Waals surface area contributed by atoms with Crippen LogP contribution >= 0.6 is 35.4 Å². The van der Waals surface area contributed by atoms with Crippen LogP contribution in [0.25, 0.3) is 0 Å². The first kappa shape index (κ1) is 16.5. The SMILES string of the molecule is O=C(O)c1ccc(CNC(=S)Nc2cc(Cl)ccc2Cl)cc1. The second-order valence-corrected chi connectivity index (χ2v) is 5.69. The lowest BCUT2D eigenvalue weighted by Gasteiger charge is -2.12. The van der Waals surface area contributed by atoms with E-state index in [4.69, 9.17) is 40.5 Å². The second kappa shape index (κ2) is 7.45. The van der Waals surface area contributed by atoms with Crippen LogP contribution in [0.2, 0.25) is 10.0 Å². The molecule has 0 aromatic heterocycles. The largest absolute Gasteiger partial charge is 0.478 e. The number of hydrogen-bond acceptors (Lipinski definition) is 2. The fraction of sp³-hybridized carbons (Fsp3) is 0.0667. The number of anilines is 1. The van der Waals surface area contributed by atoms with Crippen LogP contribution in [0.1, 0.15) is 15.9 Å². The summed E-state index contributed by atoms with van der Waals surface area (Å²) in [5.41, 5.74) is 1.77. The Morgan fingerprint density at radius 1 is 1.14 bits per heavy atom. The highest BCUT2D eigenvalue weighted by Gasteiger charge is 2.05. The lowest BCUT2D eigenvalue weighted by atomic mass is 10.1. The zero-order chi connectivity index (χ0) is 16.1. The molecule has 0 saturated heterocycles. The van der Waals surface area contributed by atoms with Gasteiger partial charge < -0.3 is 15.7 Å². The van der Waals surface area contributed by atoms with Gasteiger partial charge in [-0.1, -0.05) is 35.3 Å². The lowest BCUT2D eigenvalue weighted by molar-refractivity contribution is 0.0697. The van der Waals surface area contributed by atoms with E-state index in [1.54, 1.807) is 42.5 Å². The number of hydrogen-bond donors (Lipinski definition) is 3. The average Bonchev–Trinajstić information content (AvgIpc) is 2.49. The van der Waals surface area contributed by atoms with Crippen molar-refractivity contribution >= 4 is 52.2 Å². The predicted octanol–water partition coefficient (Wildman–Crippen LogP) is 4.18. The normalized spacial score (nSPS) is 10.1. The highest BCUT2D eigenvalue weighted by Crippen LogP contribution is 2.25. The molecule has 3 N–H and O–H groups in total. The molecule has 0 fully saturated rings. The summed E-state index contributed by atoms with van der Waals surface area (Å²) < 4.78 is 0. The van der Waals surface area contributed by atoms with E-state index < -0.39 is 5.97 Å². The third kappa shape index (κ3) is 4.59. The molecule has 0 radical (unpaired) electrons. The molecular formula is C15H12Cl2N2O2S. The summed E-state index contributed by atoms with van der Waals surface area (Å²) in [7, 11) is 0. The van der Waals surface area contributed by atoms with E-state index >= 15 is 0 Å². The lowest BCUT2D eigenvalue weighted by Crippen LogP contribution is -2.28. The van der Waals surface area contributed by atoms with E-state index in [1.807, 2.05) is 0 Å². The maximum Gasteiger partial charge on any atom is 0.335 e. The van der Waals surface area contributed by atoms with Gasteiger partial charge >= 0.3 is 5.97 Å². The van der Waals surface area contributed by atoms with Crippen molar-refractivity contribution in [2.24, 2.45) is 0 Å². The van der Waals surface area contributed by atoms with Crippen LogP contribution in [0.15, 0.2) is 42.5 Å². The maximum atomic E-state index is 10.8. The van der Waals surface area contributed by atoms with E-state index in [0.717, 1.165) is 5.56 Å². The Bertz CT molecular complexity index is 705. The van der Waals surface area contributed by atoms with Crippen LogP contribution in [0, 0.1) is 0 Å². The molecule has 7 heteroatoms. The van der Waals surface area contributed by atoms with Crippen LogP contribution in [0.5, 0.6) is 0 Å². The summed E-state index contributed by atoms with van der Waals surface area (Å²) in [4.78, 5) is 10.8. The van der Waals surface area contributed by atoms with Gasteiger partial charge in [-0.05, 0) is 48.1 Å². The summed E-state index contributed by atoms with van der Waals surface area (Å²) in [6.07, 6.45) is 0. The first-order chi connectivity index (χ1) is 10.5. The van der Waals surface area contributed by atoms with Crippen LogP contribution < -0.4 is 10.6 Å². The molecule has 0 amide bonds. The van der Waals surface area contributed by atoms with Crippen molar-refractivity contribution in [3.05, 3.63) is 63.6 Å². The number of carbonyl (C=O) groups is 1. The fourth-order valence-corrected chi connectivity index (χ4v) is 2.23. The highest BCUT2D eigenvalue weighted by atomic mass is 35.5. The van der Waals surface area contributed by atoms with Crippen molar-refractivity contribution in [3.63, 3.8) is 0 Å². The third-order valence-electron chi connectivity index (χ3n) is 2.83. The van der Waals surface area contributed by atoms with Crippen molar-refractivity contribution in [1.29, 1.82) is 0 Å². The summed E-state index contributed by atoms with van der Waals surface area (Å²) in [5, 5.41) is 16.3. The molecule has 0 aliphatic heterocycles. The number of thiocarbonyl (C=S) groups is 1. The number of rotatable bonds is 4. The number of nitrogens with one attached hydrogen (secondary N) is 2. The molecule has 2 aromatic rings. The van der Waals surface area contributed by atoms with E-state index in [-0.39, 0.29) is 5.56 Å². The molecule has 0 saturated carbocycles. The Labute approximate surface area is 143 Å². The molecular weight excluding hydrogens is 343 g/mol. The van der Waals surface area contributed by atoms with Crippen molar-refractivity contribution in [3.8, 4) is 0 Å². The summed E-state index contributed by atoms with van der Waals surface area (Å²) >= 11 is 17.1. The smallest absolute Gasteiger partial charge is 0.335 e. The average molecular weight is 355 g/mol. The number of carboxylic acids is 1. The third-order valence-corrected chi connectivity index (χ3v) is 3.64. The molecule has 2 aromatic carbocycles. The number of aromatic carboxylic acids is 1. The van der Waals surface area contributed by atoms with Gasteiger partial charge in [0.05, 0.1) is 16.3 Å². The number of benzene rings is 2. The van der Waals surface area contributed by atoms with Gasteiger partial charge in [0.15, 0.2) is 5.11 Å². The first-order valence-corrected chi connectivity index (χ1v) is 7.44. The van der Waals surface area contributed by atoms with Gasteiger partial charge in [-0.15, -0.1) is 0 Å². The number of carboxylic acid groups (broad SMARTS) is 1. The topological polar surface area (TPSA) is 61.4 Å². The summed E-state index contributed by atoms with van der Waals surface area (Å²) in [5.74, 6) is -0.952. The monoisotopic (exact) mass is 354 g/mol. The standard InChI is InChI=1S/C15H12Cl2N2O2S/c16-11-5-6-12(17)13(7-11)19-15(22)18-8-9-1-3-10(4-2-9)14(20)21/h1-7H,8H2,(H,20,21)(H2,18,19,22). The van der Waals surface area contributed by atoms with Gasteiger partial charge in [-0.2, -0.15) is 0 Å². The predicted molar refractivity (Wildman–Crippen MR) is 92.9 cm³/mol. The van der Waals surface area contributed by atoms with Crippen molar-refractivity contribution in [2.45, 2.75) is 6.54 Å². The van der Waals surface area contributed by atoms with Crippen LogP contribution in [0.3, 0.4) is 0 Å². The van der Waals surface area contributed by atoms with E-state index in [2.05, 4.69) is 10.6 Å². The van der Waals surface area contributed by atoms with Crippen molar-refractivity contribution in [1.82, 2.24) is 5.32 Å². The second-order valence-electron chi connectivity index (χ2n) is 4.43. The van der Waals surface area contributed by atoms with E-state index in [1.165, 1.54) is 0 Å². The zero-order valence-corrected chi connectivity index (χ0v) is 13.6. The molecule has 0 aliphatic rings. The Morgan fingerprint density at radius 3 is 2.45 bits per heavy atom. The molecule has 0 heterocycles. The van der Waals surface area contributed by atoms with Crippen LogP contribution in [-0.4, -0.2) is 16.2 Å². The highest BCUT2D eigenvalue weighted by molar-refractivity contribution is 7.80. The Morgan fingerprint density at radius 2 is 1.82 bits per heavy atom. The van der Waals surface area contributed by atoms with Gasteiger partial charge in [0, 0.05) is 11.6 Å². The minimum Gasteiger partial charge on any atom is -0.478 e. The number of halogens is 2. The Kier molecular flexibility index (Phi) is 5.60. The molecule has 22 heavy (non-hydrogen) atoms. The molecule has 2 rings (SSSR count). The van der Waals surface area contributed by atoms with Gasteiger partial charge in [-0.3, -0.25) is 0 Å². The Balaban J connectivity index is 1.92. The van der Waals surface area contributed by atoms with Gasteiger partial charge in [0.1, 0.15) is 0 Å². The van der Waals surface area contributed by atoms with Gasteiger partial charge in [0.25, 0.3) is 0 Å². The van der Waals surface area contributed by atoms with E-state index in [0.29, 0.717) is 27.4 Å². The molecule has 0 spiro atoms. The van der Waals surface area contributed by atoms with Crippen molar-refractivity contribution < 1.29 is 9.90 Å². The fourth-order valence-electron chi connectivity index (χ4n) is 1.71. The zero-order valence-electron chi connectivity index (χ0n) is 11.3.